The molecule has 1 aromatic carbocycles. The highest BCUT2D eigenvalue weighted by Gasteiger charge is 2.59. The Bertz CT molecular complexity index is 653. The molecule has 0 aromatic heterocycles. The van der Waals surface area contributed by atoms with Gasteiger partial charge < -0.3 is 4.74 Å². The highest BCUT2D eigenvalue weighted by atomic mass is 16.5. The van der Waals surface area contributed by atoms with Crippen LogP contribution in [0, 0.1) is 34.5 Å². The van der Waals surface area contributed by atoms with Crippen LogP contribution in [0.1, 0.15) is 83.6 Å². The monoisotopic (exact) mass is 366 g/mol. The zero-order valence-electron chi connectivity index (χ0n) is 17.5. The molecule has 4 aliphatic rings. The number of hydrogen-bond donors (Lipinski definition) is 0. The first kappa shape index (κ1) is 18.2. The summed E-state index contributed by atoms with van der Waals surface area (Å²) in [7, 11) is 0. The van der Waals surface area contributed by atoms with Crippen LogP contribution in [0.2, 0.25) is 0 Å². The van der Waals surface area contributed by atoms with E-state index in [4.69, 9.17) is 4.74 Å². The van der Waals surface area contributed by atoms with E-state index in [0.717, 1.165) is 30.3 Å². The van der Waals surface area contributed by atoms with Gasteiger partial charge in [0.05, 0.1) is 12.7 Å². The van der Waals surface area contributed by atoms with Crippen molar-refractivity contribution in [2.24, 2.45) is 34.5 Å². The number of rotatable bonds is 3. The van der Waals surface area contributed by atoms with E-state index in [0.29, 0.717) is 16.9 Å². The topological polar surface area (TPSA) is 9.23 Å². The Kier molecular flexibility index (Phi) is 4.66. The second-order valence-electron chi connectivity index (χ2n) is 10.8. The van der Waals surface area contributed by atoms with Gasteiger partial charge in [-0.15, -0.1) is 0 Å². The van der Waals surface area contributed by atoms with Crippen LogP contribution in [-0.2, 0) is 11.3 Å². The summed E-state index contributed by atoms with van der Waals surface area (Å²) < 4.78 is 6.57. The van der Waals surface area contributed by atoms with Gasteiger partial charge in [-0.2, -0.15) is 0 Å². The Morgan fingerprint density at radius 3 is 2.48 bits per heavy atom. The van der Waals surface area contributed by atoms with E-state index in [1.54, 1.807) is 0 Å². The normalized spacial score (nSPS) is 46.4. The van der Waals surface area contributed by atoms with Crippen LogP contribution >= 0.6 is 0 Å². The number of hydrogen-bond acceptors (Lipinski definition) is 1. The fourth-order valence-electron chi connectivity index (χ4n) is 8.29. The van der Waals surface area contributed by atoms with Crippen molar-refractivity contribution in [3.05, 3.63) is 35.9 Å². The van der Waals surface area contributed by atoms with Crippen molar-refractivity contribution in [1.82, 2.24) is 0 Å². The molecule has 0 saturated heterocycles. The first-order chi connectivity index (χ1) is 13.1. The minimum Gasteiger partial charge on any atom is -0.373 e. The second kappa shape index (κ2) is 6.90. The standard InChI is InChI=1S/C26H38O/c1-25-16-7-6-10-20(25)11-12-21-22-13-14-24(26(22,2)17-15-23(21)25)27-18-19-8-4-3-5-9-19/h3-5,8-9,20-24H,6-7,10-18H2,1-2H3/t20-,21-,22-,23-,24+,25+,26-/m1/s1. The largest absolute Gasteiger partial charge is 0.373 e. The number of benzene rings is 1. The van der Waals surface area contributed by atoms with Crippen molar-refractivity contribution in [3.63, 3.8) is 0 Å². The summed E-state index contributed by atoms with van der Waals surface area (Å²) in [6.07, 6.45) is 15.1. The zero-order chi connectivity index (χ0) is 18.5. The van der Waals surface area contributed by atoms with Crippen LogP contribution in [0.5, 0.6) is 0 Å². The molecule has 4 fully saturated rings. The van der Waals surface area contributed by atoms with Crippen LogP contribution in [0.15, 0.2) is 30.3 Å². The first-order valence-electron chi connectivity index (χ1n) is 11.8. The van der Waals surface area contributed by atoms with Gasteiger partial charge in [-0.05, 0) is 91.4 Å². The zero-order valence-corrected chi connectivity index (χ0v) is 17.5. The quantitative estimate of drug-likeness (QED) is 0.559. The Balaban J connectivity index is 1.32. The molecule has 7 atom stereocenters. The van der Waals surface area contributed by atoms with Crippen molar-refractivity contribution in [2.75, 3.05) is 0 Å². The molecular weight excluding hydrogens is 328 g/mol. The molecule has 0 amide bonds. The van der Waals surface area contributed by atoms with E-state index in [1.807, 2.05) is 0 Å². The van der Waals surface area contributed by atoms with Crippen LogP contribution in [0.4, 0.5) is 0 Å². The summed E-state index contributed by atoms with van der Waals surface area (Å²) in [5, 5.41) is 0. The molecule has 4 saturated carbocycles. The van der Waals surface area contributed by atoms with Crippen molar-refractivity contribution in [1.29, 1.82) is 0 Å². The average molecular weight is 367 g/mol. The molecule has 0 N–H and O–H groups in total. The maximum atomic E-state index is 6.57. The highest BCUT2D eigenvalue weighted by molar-refractivity contribution is 5.14. The van der Waals surface area contributed by atoms with E-state index < -0.39 is 0 Å². The minimum atomic E-state index is 0.424. The molecule has 0 aliphatic heterocycles. The summed E-state index contributed by atoms with van der Waals surface area (Å²) in [4.78, 5) is 0. The SMILES string of the molecule is C[C@]12CCCC[C@@H]1CC[C@H]1[C@H]2CC[C@@]2(C)[C@@H](OCc3ccccc3)CC[C@H]12. The fourth-order valence-corrected chi connectivity index (χ4v) is 8.29. The van der Waals surface area contributed by atoms with E-state index in [-0.39, 0.29) is 0 Å². The predicted molar refractivity (Wildman–Crippen MR) is 111 cm³/mol. The lowest BCUT2D eigenvalue weighted by Crippen LogP contribution is -2.53. The number of fused-ring (bicyclic) bond motifs is 5. The average Bonchev–Trinajstić information content (AvgIpc) is 3.03. The lowest BCUT2D eigenvalue weighted by atomic mass is 9.45. The third-order valence-corrected chi connectivity index (χ3v) is 9.79. The molecule has 0 radical (unpaired) electrons. The third-order valence-electron chi connectivity index (χ3n) is 9.79. The van der Waals surface area contributed by atoms with Gasteiger partial charge in [0.15, 0.2) is 0 Å². The molecule has 148 valence electrons. The van der Waals surface area contributed by atoms with E-state index >= 15 is 0 Å². The van der Waals surface area contributed by atoms with Crippen molar-refractivity contribution < 1.29 is 4.74 Å². The lowest BCUT2D eigenvalue weighted by Gasteiger charge is -2.60. The molecule has 1 aromatic rings. The molecule has 0 unspecified atom stereocenters. The van der Waals surface area contributed by atoms with Gasteiger partial charge >= 0.3 is 0 Å². The van der Waals surface area contributed by atoms with E-state index in [1.165, 1.54) is 69.8 Å². The smallest absolute Gasteiger partial charge is 0.0720 e. The van der Waals surface area contributed by atoms with Gasteiger partial charge in [-0.25, -0.2) is 0 Å². The van der Waals surface area contributed by atoms with Gasteiger partial charge in [0, 0.05) is 0 Å². The maximum absolute atomic E-state index is 6.57. The molecule has 0 bridgehead atoms. The Labute approximate surface area is 166 Å². The van der Waals surface area contributed by atoms with Gasteiger partial charge in [-0.3, -0.25) is 0 Å². The van der Waals surface area contributed by atoms with Crippen molar-refractivity contribution in [3.8, 4) is 0 Å². The first-order valence-corrected chi connectivity index (χ1v) is 11.8. The summed E-state index contributed by atoms with van der Waals surface area (Å²) in [6, 6.07) is 10.8. The number of ether oxygens (including phenoxy) is 1. The van der Waals surface area contributed by atoms with Crippen LogP contribution in [0.3, 0.4) is 0 Å². The molecule has 1 heteroatoms. The predicted octanol–water partition coefficient (Wildman–Crippen LogP) is 7.00. The lowest BCUT2D eigenvalue weighted by molar-refractivity contribution is -0.132. The summed E-state index contributed by atoms with van der Waals surface area (Å²) in [6.45, 7) is 6.07. The van der Waals surface area contributed by atoms with Crippen LogP contribution < -0.4 is 0 Å². The third kappa shape index (κ3) is 2.91. The fraction of sp³-hybridized carbons (Fsp3) is 0.769. The molecular formula is C26H38O. The Morgan fingerprint density at radius 1 is 0.815 bits per heavy atom. The van der Waals surface area contributed by atoms with Crippen molar-refractivity contribution >= 4 is 0 Å². The molecule has 0 heterocycles. The summed E-state index contributed by atoms with van der Waals surface area (Å²) >= 11 is 0. The van der Waals surface area contributed by atoms with E-state index in [9.17, 15) is 0 Å². The van der Waals surface area contributed by atoms with Crippen molar-refractivity contribution in [2.45, 2.75) is 90.8 Å². The molecule has 4 aliphatic carbocycles. The Hall–Kier alpha value is -0.820. The van der Waals surface area contributed by atoms with Gasteiger partial charge in [0.2, 0.25) is 0 Å². The maximum Gasteiger partial charge on any atom is 0.0720 e. The molecule has 27 heavy (non-hydrogen) atoms. The minimum absolute atomic E-state index is 0.424. The van der Waals surface area contributed by atoms with E-state index in [2.05, 4.69) is 44.2 Å². The molecule has 1 nitrogen and oxygen atoms in total. The molecule has 0 spiro atoms. The summed E-state index contributed by atoms with van der Waals surface area (Å²) in [5.74, 6) is 3.93. The Morgan fingerprint density at radius 2 is 1.63 bits per heavy atom. The van der Waals surface area contributed by atoms with Gasteiger partial charge in [0.1, 0.15) is 0 Å². The second-order valence-corrected chi connectivity index (χ2v) is 10.8. The highest BCUT2D eigenvalue weighted by Crippen LogP contribution is 2.66. The van der Waals surface area contributed by atoms with Crippen LogP contribution in [-0.4, -0.2) is 6.10 Å². The summed E-state index contributed by atoms with van der Waals surface area (Å²) in [5.41, 5.74) is 2.41. The van der Waals surface area contributed by atoms with Gasteiger partial charge in [-0.1, -0.05) is 57.0 Å². The van der Waals surface area contributed by atoms with Gasteiger partial charge in [0.25, 0.3) is 0 Å². The molecule has 5 rings (SSSR count). The van der Waals surface area contributed by atoms with Crippen LogP contribution in [0.25, 0.3) is 0 Å².